The number of ether oxygens (including phenoxy) is 1. The fourth-order valence-corrected chi connectivity index (χ4v) is 2.52. The number of Topliss-reactive ketones (excluding diaryl/α,β-unsaturated/α-hetero) is 1. The van der Waals surface area contributed by atoms with Crippen LogP contribution in [0.2, 0.25) is 0 Å². The molecule has 0 heterocycles. The van der Waals surface area contributed by atoms with E-state index in [9.17, 15) is 9.59 Å². The molecule has 2 rings (SSSR count). The monoisotopic (exact) mass is 286 g/mol. The fourth-order valence-electron chi connectivity index (χ4n) is 1.68. The van der Waals surface area contributed by atoms with Gasteiger partial charge in [-0.3, -0.25) is 9.59 Å². The van der Waals surface area contributed by atoms with Crippen molar-refractivity contribution < 1.29 is 14.3 Å². The van der Waals surface area contributed by atoms with Crippen LogP contribution in [0.1, 0.15) is 16.8 Å². The summed E-state index contributed by atoms with van der Waals surface area (Å²) in [6.07, 6.45) is 0.212. The maximum atomic E-state index is 11.8. The van der Waals surface area contributed by atoms with Gasteiger partial charge in [0, 0.05) is 21.8 Å². The molecule has 0 fully saturated rings. The summed E-state index contributed by atoms with van der Waals surface area (Å²) >= 11 is 1.65. The highest BCUT2D eigenvalue weighted by molar-refractivity contribution is 7.99. The first kappa shape index (κ1) is 14.3. The molecule has 0 aliphatic heterocycles. The molecule has 2 aromatic rings. The van der Waals surface area contributed by atoms with E-state index in [-0.39, 0.29) is 18.8 Å². The van der Waals surface area contributed by atoms with Gasteiger partial charge >= 0.3 is 0 Å². The number of carbonyl (C=O) groups excluding carboxylic acids is 2. The lowest BCUT2D eigenvalue weighted by Crippen LogP contribution is -2.03. The van der Waals surface area contributed by atoms with Gasteiger partial charge < -0.3 is 4.74 Å². The summed E-state index contributed by atoms with van der Waals surface area (Å²) in [5.41, 5.74) is 0.636. The molecule has 20 heavy (non-hydrogen) atoms. The zero-order chi connectivity index (χ0) is 14.2. The lowest BCUT2D eigenvalue weighted by atomic mass is 10.1. The Labute approximate surface area is 122 Å². The zero-order valence-corrected chi connectivity index (χ0v) is 11.6. The molecule has 0 atom stereocenters. The second-order valence-corrected chi connectivity index (χ2v) is 5.23. The molecular formula is C16H14O3S. The Morgan fingerprint density at radius 3 is 2.30 bits per heavy atom. The van der Waals surface area contributed by atoms with E-state index < -0.39 is 0 Å². The maximum Gasteiger partial charge on any atom is 0.293 e. The first-order valence-corrected chi connectivity index (χ1v) is 7.02. The Hall–Kier alpha value is -2.07. The van der Waals surface area contributed by atoms with Gasteiger partial charge in [-0.1, -0.05) is 42.1 Å². The third kappa shape index (κ3) is 4.24. The summed E-state index contributed by atoms with van der Waals surface area (Å²) in [6, 6.07) is 17.5. The second-order valence-electron chi connectivity index (χ2n) is 4.08. The van der Waals surface area contributed by atoms with E-state index in [1.807, 2.05) is 42.5 Å². The van der Waals surface area contributed by atoms with Crippen molar-refractivity contribution in [1.29, 1.82) is 0 Å². The van der Waals surface area contributed by atoms with Crippen molar-refractivity contribution in [2.75, 3.05) is 6.61 Å². The van der Waals surface area contributed by atoms with E-state index in [4.69, 9.17) is 0 Å². The number of benzene rings is 2. The van der Waals surface area contributed by atoms with Gasteiger partial charge in [0.2, 0.25) is 0 Å². The molecule has 0 aliphatic carbocycles. The minimum absolute atomic E-state index is 0.0249. The largest absolute Gasteiger partial charge is 0.467 e. The van der Waals surface area contributed by atoms with Crippen molar-refractivity contribution in [1.82, 2.24) is 0 Å². The van der Waals surface area contributed by atoms with Crippen LogP contribution in [0.5, 0.6) is 0 Å². The molecule has 3 nitrogen and oxygen atoms in total. The summed E-state index contributed by atoms with van der Waals surface area (Å²) in [6.45, 7) is 0.482. The van der Waals surface area contributed by atoms with Crippen LogP contribution in [0.25, 0.3) is 0 Å². The third-order valence-electron chi connectivity index (χ3n) is 2.67. The molecule has 0 saturated heterocycles. The maximum absolute atomic E-state index is 11.8. The van der Waals surface area contributed by atoms with Crippen molar-refractivity contribution >= 4 is 24.0 Å². The van der Waals surface area contributed by atoms with E-state index in [0.717, 1.165) is 9.79 Å². The Bertz CT molecular complexity index is 564. The highest BCUT2D eigenvalue weighted by Gasteiger charge is 2.06. The molecule has 0 spiro atoms. The standard InChI is InChI=1S/C16H14O3S/c17-12-19-11-10-16(18)13-6-8-15(9-7-13)20-14-4-2-1-3-5-14/h1-9,12H,10-11H2. The highest BCUT2D eigenvalue weighted by Crippen LogP contribution is 2.27. The van der Waals surface area contributed by atoms with Gasteiger partial charge in [0.25, 0.3) is 6.47 Å². The Kier molecular flexibility index (Phi) is 5.38. The Morgan fingerprint density at radius 2 is 1.65 bits per heavy atom. The molecular weight excluding hydrogens is 272 g/mol. The lowest BCUT2D eigenvalue weighted by Gasteiger charge is -2.04. The van der Waals surface area contributed by atoms with E-state index in [1.165, 1.54) is 0 Å². The summed E-state index contributed by atoms with van der Waals surface area (Å²) in [5, 5.41) is 0. The summed E-state index contributed by atoms with van der Waals surface area (Å²) in [5.74, 6) is -0.0249. The molecule has 4 heteroatoms. The molecule has 0 radical (unpaired) electrons. The number of hydrogen-bond donors (Lipinski definition) is 0. The molecule has 0 N–H and O–H groups in total. The summed E-state index contributed by atoms with van der Waals surface area (Å²) < 4.78 is 4.52. The van der Waals surface area contributed by atoms with Crippen molar-refractivity contribution in [3.05, 3.63) is 60.2 Å². The van der Waals surface area contributed by atoms with Crippen LogP contribution in [0.3, 0.4) is 0 Å². The normalized spacial score (nSPS) is 10.0. The first-order chi connectivity index (χ1) is 9.79. The fraction of sp³-hybridized carbons (Fsp3) is 0.125. The van der Waals surface area contributed by atoms with Gasteiger partial charge in [0.05, 0.1) is 6.61 Å². The van der Waals surface area contributed by atoms with E-state index >= 15 is 0 Å². The van der Waals surface area contributed by atoms with Crippen LogP contribution in [0.4, 0.5) is 0 Å². The van der Waals surface area contributed by atoms with Gasteiger partial charge in [-0.25, -0.2) is 0 Å². The van der Waals surface area contributed by atoms with Crippen LogP contribution in [0.15, 0.2) is 64.4 Å². The molecule has 0 bridgehead atoms. The Balaban J connectivity index is 1.96. The minimum atomic E-state index is -0.0249. The van der Waals surface area contributed by atoms with Gasteiger partial charge in [-0.05, 0) is 24.3 Å². The molecule has 0 amide bonds. The van der Waals surface area contributed by atoms with Crippen molar-refractivity contribution in [3.63, 3.8) is 0 Å². The number of carbonyl (C=O) groups is 2. The van der Waals surface area contributed by atoms with Gasteiger partial charge in [0.15, 0.2) is 5.78 Å². The van der Waals surface area contributed by atoms with Crippen molar-refractivity contribution in [2.24, 2.45) is 0 Å². The third-order valence-corrected chi connectivity index (χ3v) is 3.69. The van der Waals surface area contributed by atoms with E-state index in [0.29, 0.717) is 12.0 Å². The zero-order valence-electron chi connectivity index (χ0n) is 10.8. The summed E-state index contributed by atoms with van der Waals surface area (Å²) in [4.78, 5) is 24.0. The topological polar surface area (TPSA) is 43.4 Å². The van der Waals surface area contributed by atoms with E-state index in [2.05, 4.69) is 4.74 Å². The van der Waals surface area contributed by atoms with Gasteiger partial charge in [-0.2, -0.15) is 0 Å². The molecule has 0 aromatic heterocycles. The lowest BCUT2D eigenvalue weighted by molar-refractivity contribution is -0.128. The minimum Gasteiger partial charge on any atom is -0.467 e. The second kappa shape index (κ2) is 7.50. The smallest absolute Gasteiger partial charge is 0.293 e. The van der Waals surface area contributed by atoms with Crippen LogP contribution in [0, 0.1) is 0 Å². The highest BCUT2D eigenvalue weighted by atomic mass is 32.2. The predicted octanol–water partition coefficient (Wildman–Crippen LogP) is 3.58. The van der Waals surface area contributed by atoms with E-state index in [1.54, 1.807) is 23.9 Å². The Morgan fingerprint density at radius 1 is 1.00 bits per heavy atom. The SMILES string of the molecule is O=COCCC(=O)c1ccc(Sc2ccccc2)cc1. The van der Waals surface area contributed by atoms with Crippen molar-refractivity contribution in [2.45, 2.75) is 16.2 Å². The number of ketones is 1. The van der Waals surface area contributed by atoms with Crippen molar-refractivity contribution in [3.8, 4) is 0 Å². The number of hydrogen-bond acceptors (Lipinski definition) is 4. The first-order valence-electron chi connectivity index (χ1n) is 6.21. The quantitative estimate of drug-likeness (QED) is 0.443. The van der Waals surface area contributed by atoms with Crippen LogP contribution < -0.4 is 0 Å². The van der Waals surface area contributed by atoms with Crippen LogP contribution in [-0.2, 0) is 9.53 Å². The molecule has 0 saturated carbocycles. The van der Waals surface area contributed by atoms with Crippen LogP contribution >= 0.6 is 11.8 Å². The summed E-state index contributed by atoms with van der Waals surface area (Å²) in [7, 11) is 0. The average molecular weight is 286 g/mol. The van der Waals surface area contributed by atoms with Gasteiger partial charge in [0.1, 0.15) is 0 Å². The number of rotatable bonds is 7. The predicted molar refractivity (Wildman–Crippen MR) is 78.0 cm³/mol. The molecule has 0 unspecified atom stereocenters. The average Bonchev–Trinajstić information content (AvgIpc) is 2.49. The molecule has 102 valence electrons. The molecule has 0 aliphatic rings. The molecule has 2 aromatic carbocycles. The van der Waals surface area contributed by atoms with Crippen LogP contribution in [-0.4, -0.2) is 18.9 Å². The van der Waals surface area contributed by atoms with Gasteiger partial charge in [-0.15, -0.1) is 0 Å².